The molecule has 124 valence electrons. The van der Waals surface area contributed by atoms with Crippen LogP contribution in [0.25, 0.3) is 6.08 Å². The Morgan fingerprint density at radius 2 is 2.17 bits per heavy atom. The summed E-state index contributed by atoms with van der Waals surface area (Å²) in [6.07, 6.45) is 4.55. The SMILES string of the molecule is C=Cc1c(C)c2c(c(C#N)c1CC=C(C)CCC(=O)O)C(=O)OC2. The van der Waals surface area contributed by atoms with Crippen LogP contribution >= 0.6 is 0 Å². The van der Waals surface area contributed by atoms with E-state index < -0.39 is 11.9 Å². The molecule has 1 aliphatic rings. The summed E-state index contributed by atoms with van der Waals surface area (Å²) in [6.45, 7) is 7.76. The minimum atomic E-state index is -0.844. The molecule has 5 heteroatoms. The lowest BCUT2D eigenvalue weighted by molar-refractivity contribution is -0.136. The molecule has 0 unspecified atom stereocenters. The van der Waals surface area contributed by atoms with Crippen LogP contribution in [-0.4, -0.2) is 17.0 Å². The number of nitriles is 1. The molecule has 1 N–H and O–H groups in total. The van der Waals surface area contributed by atoms with Gasteiger partial charge in [-0.2, -0.15) is 5.26 Å². The number of aliphatic carboxylic acids is 1. The van der Waals surface area contributed by atoms with Crippen LogP contribution in [0.2, 0.25) is 0 Å². The molecule has 1 aliphatic heterocycles. The van der Waals surface area contributed by atoms with Gasteiger partial charge in [-0.25, -0.2) is 4.79 Å². The predicted octanol–water partition coefficient (Wildman–Crippen LogP) is 3.53. The van der Waals surface area contributed by atoms with E-state index in [1.54, 1.807) is 6.08 Å². The molecule has 0 amide bonds. The number of esters is 1. The van der Waals surface area contributed by atoms with E-state index in [4.69, 9.17) is 9.84 Å². The van der Waals surface area contributed by atoms with E-state index in [1.165, 1.54) is 0 Å². The molecule has 2 rings (SSSR count). The average molecular weight is 325 g/mol. The van der Waals surface area contributed by atoms with Gasteiger partial charge in [-0.3, -0.25) is 4.79 Å². The standard InChI is InChI=1S/C19H19NO4/c1-4-13-12(3)16-10-24-19(23)18(16)15(9-20)14(13)7-5-11(2)6-8-17(21)22/h4-5H,1,6-8,10H2,2-3H3,(H,21,22). The van der Waals surface area contributed by atoms with Crippen LogP contribution in [0.4, 0.5) is 0 Å². The average Bonchev–Trinajstić information content (AvgIpc) is 2.93. The Morgan fingerprint density at radius 3 is 2.75 bits per heavy atom. The highest BCUT2D eigenvalue weighted by Gasteiger charge is 2.30. The third-order valence-corrected chi connectivity index (χ3v) is 4.29. The van der Waals surface area contributed by atoms with Crippen molar-refractivity contribution in [3.8, 4) is 6.07 Å². The molecule has 0 bridgehead atoms. The number of fused-ring (bicyclic) bond motifs is 1. The zero-order valence-electron chi connectivity index (χ0n) is 13.8. The maximum absolute atomic E-state index is 12.0. The molecule has 1 heterocycles. The summed E-state index contributed by atoms with van der Waals surface area (Å²) in [4.78, 5) is 22.6. The topological polar surface area (TPSA) is 87.4 Å². The van der Waals surface area contributed by atoms with Crippen LogP contribution < -0.4 is 0 Å². The Kier molecular flexibility index (Phi) is 5.20. The van der Waals surface area contributed by atoms with E-state index in [0.29, 0.717) is 24.0 Å². The number of carbonyl (C=O) groups is 2. The molecular weight excluding hydrogens is 306 g/mol. The Hall–Kier alpha value is -2.87. The van der Waals surface area contributed by atoms with E-state index in [-0.39, 0.29) is 13.0 Å². The Balaban J connectivity index is 2.48. The first-order valence-corrected chi connectivity index (χ1v) is 7.66. The number of benzene rings is 1. The molecule has 0 radical (unpaired) electrons. The number of hydrogen-bond donors (Lipinski definition) is 1. The number of carbonyl (C=O) groups excluding carboxylic acids is 1. The minimum Gasteiger partial charge on any atom is -0.481 e. The van der Waals surface area contributed by atoms with E-state index in [1.807, 2.05) is 19.9 Å². The Labute approximate surface area is 140 Å². The van der Waals surface area contributed by atoms with E-state index in [9.17, 15) is 14.9 Å². The van der Waals surface area contributed by atoms with Crippen molar-refractivity contribution in [2.24, 2.45) is 0 Å². The predicted molar refractivity (Wildman–Crippen MR) is 89.4 cm³/mol. The quantitative estimate of drug-likeness (QED) is 0.638. The zero-order valence-corrected chi connectivity index (χ0v) is 13.8. The summed E-state index contributed by atoms with van der Waals surface area (Å²) in [5.74, 6) is -1.31. The number of carboxylic acids is 1. The van der Waals surface area contributed by atoms with Gasteiger partial charge in [0, 0.05) is 12.0 Å². The molecule has 1 aromatic rings. The van der Waals surface area contributed by atoms with Gasteiger partial charge in [0.2, 0.25) is 0 Å². The molecule has 5 nitrogen and oxygen atoms in total. The monoisotopic (exact) mass is 325 g/mol. The van der Waals surface area contributed by atoms with Crippen LogP contribution in [0.1, 0.15) is 57.9 Å². The number of nitrogens with zero attached hydrogens (tertiary/aromatic N) is 1. The van der Waals surface area contributed by atoms with Crippen molar-refractivity contribution in [3.05, 3.63) is 51.6 Å². The highest BCUT2D eigenvalue weighted by Crippen LogP contribution is 2.34. The smallest absolute Gasteiger partial charge is 0.340 e. The molecule has 0 saturated heterocycles. The number of cyclic esters (lactones) is 1. The van der Waals surface area contributed by atoms with Crippen molar-refractivity contribution in [2.45, 2.75) is 39.7 Å². The number of carboxylic acid groups (broad SMARTS) is 1. The first kappa shape index (κ1) is 17.5. The summed E-state index contributed by atoms with van der Waals surface area (Å²) in [7, 11) is 0. The van der Waals surface area contributed by atoms with Gasteiger partial charge < -0.3 is 9.84 Å². The van der Waals surface area contributed by atoms with E-state index in [2.05, 4.69) is 12.6 Å². The van der Waals surface area contributed by atoms with Crippen LogP contribution in [0, 0.1) is 18.3 Å². The van der Waals surface area contributed by atoms with Gasteiger partial charge in [-0.05, 0) is 43.4 Å². The van der Waals surface area contributed by atoms with E-state index >= 15 is 0 Å². The highest BCUT2D eigenvalue weighted by atomic mass is 16.5. The molecule has 0 aromatic heterocycles. The second kappa shape index (κ2) is 7.14. The lowest BCUT2D eigenvalue weighted by Crippen LogP contribution is -2.06. The zero-order chi connectivity index (χ0) is 17.9. The second-order valence-corrected chi connectivity index (χ2v) is 5.79. The molecule has 1 aromatic carbocycles. The molecule has 0 saturated carbocycles. The third-order valence-electron chi connectivity index (χ3n) is 4.29. The number of ether oxygens (including phenoxy) is 1. The van der Waals surface area contributed by atoms with Crippen molar-refractivity contribution < 1.29 is 19.4 Å². The summed E-state index contributed by atoms with van der Waals surface area (Å²) in [6, 6.07) is 2.13. The van der Waals surface area contributed by atoms with Crippen LogP contribution in [0.15, 0.2) is 18.2 Å². The molecule has 0 aliphatic carbocycles. The van der Waals surface area contributed by atoms with Crippen LogP contribution in [-0.2, 0) is 22.6 Å². The fourth-order valence-electron chi connectivity index (χ4n) is 2.92. The number of allylic oxidation sites excluding steroid dienone is 2. The lowest BCUT2D eigenvalue weighted by atomic mass is 9.86. The fourth-order valence-corrected chi connectivity index (χ4v) is 2.92. The maximum Gasteiger partial charge on any atom is 0.340 e. The van der Waals surface area contributed by atoms with Crippen molar-refractivity contribution in [1.82, 2.24) is 0 Å². The normalized spacial score (nSPS) is 13.2. The fraction of sp³-hybridized carbons (Fsp3) is 0.316. The number of hydrogen-bond acceptors (Lipinski definition) is 4. The molecular formula is C19H19NO4. The second-order valence-electron chi connectivity index (χ2n) is 5.79. The van der Waals surface area contributed by atoms with Crippen molar-refractivity contribution in [1.29, 1.82) is 5.26 Å². The largest absolute Gasteiger partial charge is 0.481 e. The van der Waals surface area contributed by atoms with Crippen molar-refractivity contribution in [3.63, 3.8) is 0 Å². The summed E-state index contributed by atoms with van der Waals surface area (Å²) < 4.78 is 5.09. The van der Waals surface area contributed by atoms with Crippen molar-refractivity contribution in [2.75, 3.05) is 0 Å². The van der Waals surface area contributed by atoms with Gasteiger partial charge >= 0.3 is 11.9 Å². The first-order valence-electron chi connectivity index (χ1n) is 7.66. The summed E-state index contributed by atoms with van der Waals surface area (Å²) in [5, 5.41) is 18.3. The number of rotatable bonds is 6. The first-order chi connectivity index (χ1) is 11.4. The Morgan fingerprint density at radius 1 is 1.46 bits per heavy atom. The highest BCUT2D eigenvalue weighted by molar-refractivity contribution is 5.98. The molecule has 0 atom stereocenters. The van der Waals surface area contributed by atoms with Crippen molar-refractivity contribution >= 4 is 18.0 Å². The lowest BCUT2D eigenvalue weighted by Gasteiger charge is -2.14. The van der Waals surface area contributed by atoms with Crippen LogP contribution in [0.5, 0.6) is 0 Å². The molecule has 0 fully saturated rings. The minimum absolute atomic E-state index is 0.0668. The van der Waals surface area contributed by atoms with Gasteiger partial charge in [0.15, 0.2) is 0 Å². The summed E-state index contributed by atoms with van der Waals surface area (Å²) >= 11 is 0. The van der Waals surface area contributed by atoms with Gasteiger partial charge in [-0.1, -0.05) is 24.3 Å². The van der Waals surface area contributed by atoms with E-state index in [0.717, 1.165) is 27.8 Å². The van der Waals surface area contributed by atoms with Gasteiger partial charge in [-0.15, -0.1) is 0 Å². The summed E-state index contributed by atoms with van der Waals surface area (Å²) in [5.41, 5.74) is 4.83. The maximum atomic E-state index is 12.0. The third kappa shape index (κ3) is 3.23. The van der Waals surface area contributed by atoms with Gasteiger partial charge in [0.1, 0.15) is 12.7 Å². The van der Waals surface area contributed by atoms with Gasteiger partial charge in [0.05, 0.1) is 11.1 Å². The van der Waals surface area contributed by atoms with Gasteiger partial charge in [0.25, 0.3) is 0 Å². The Bertz CT molecular complexity index is 797. The van der Waals surface area contributed by atoms with Crippen LogP contribution in [0.3, 0.4) is 0 Å². The molecule has 24 heavy (non-hydrogen) atoms. The molecule has 0 spiro atoms.